The van der Waals surface area contributed by atoms with Gasteiger partial charge in [-0.25, -0.2) is 4.39 Å². The van der Waals surface area contributed by atoms with Crippen LogP contribution >= 0.6 is 0 Å². The van der Waals surface area contributed by atoms with Gasteiger partial charge in [0.15, 0.2) is 0 Å². The second-order valence-electron chi connectivity index (χ2n) is 6.59. The Morgan fingerprint density at radius 3 is 1.81 bits per heavy atom. The third-order valence-electron chi connectivity index (χ3n) is 5.52. The predicted octanol–water partition coefficient (Wildman–Crippen LogP) is 4.25. The lowest BCUT2D eigenvalue weighted by atomic mass is 9.69. The Morgan fingerprint density at radius 1 is 1.00 bits per heavy atom. The van der Waals surface area contributed by atoms with Crippen molar-refractivity contribution < 1.29 is 35.8 Å². The molecule has 2 saturated carbocycles. The highest BCUT2D eigenvalue weighted by atomic mass is 19.4. The van der Waals surface area contributed by atoms with Gasteiger partial charge in [0, 0.05) is 6.42 Å². The van der Waals surface area contributed by atoms with E-state index in [1.54, 1.807) is 6.92 Å². The van der Waals surface area contributed by atoms with Crippen molar-refractivity contribution in [1.29, 1.82) is 0 Å². The van der Waals surface area contributed by atoms with E-state index >= 15 is 0 Å². The first-order chi connectivity index (χ1) is 9.23. The highest BCUT2D eigenvalue weighted by Crippen LogP contribution is 2.62. The van der Waals surface area contributed by atoms with Gasteiger partial charge >= 0.3 is 12.4 Å². The molecular weight excluding hydrogens is 305 g/mol. The minimum atomic E-state index is -5.96. The zero-order chi connectivity index (χ0) is 16.4. The summed E-state index contributed by atoms with van der Waals surface area (Å²) < 4.78 is 91.0. The van der Waals surface area contributed by atoms with E-state index in [1.165, 1.54) is 0 Å². The molecule has 124 valence electrons. The van der Waals surface area contributed by atoms with Crippen LogP contribution in [0.1, 0.15) is 33.1 Å². The smallest absolute Gasteiger partial charge is 0.374 e. The summed E-state index contributed by atoms with van der Waals surface area (Å²) in [6.45, 7) is 3.47. The largest absolute Gasteiger partial charge is 0.426 e. The number of halogens is 7. The van der Waals surface area contributed by atoms with Crippen LogP contribution in [0.4, 0.5) is 30.7 Å². The molecule has 0 amide bonds. The van der Waals surface area contributed by atoms with Crippen LogP contribution in [0.2, 0.25) is 0 Å². The molecule has 0 spiro atoms. The first-order valence-corrected chi connectivity index (χ1v) is 6.78. The molecule has 8 heteroatoms. The average Bonchev–Trinajstić information content (AvgIpc) is 2.73. The summed E-state index contributed by atoms with van der Waals surface area (Å²) in [6, 6.07) is 0. The number of hydrogen-bond donors (Lipinski definition) is 1. The Morgan fingerprint density at radius 2 is 1.48 bits per heavy atom. The number of hydrogen-bond acceptors (Lipinski definition) is 1. The van der Waals surface area contributed by atoms with Crippen LogP contribution in [0.25, 0.3) is 0 Å². The van der Waals surface area contributed by atoms with Crippen LogP contribution in [0.5, 0.6) is 0 Å². The van der Waals surface area contributed by atoms with E-state index in [4.69, 9.17) is 0 Å². The van der Waals surface area contributed by atoms with Gasteiger partial charge in [0.1, 0.15) is 5.67 Å². The fraction of sp³-hybridized carbons (Fsp3) is 1.00. The molecule has 0 saturated heterocycles. The minimum absolute atomic E-state index is 0.0729. The molecule has 0 aromatic rings. The van der Waals surface area contributed by atoms with Crippen molar-refractivity contribution in [3.05, 3.63) is 0 Å². The third kappa shape index (κ3) is 2.33. The topological polar surface area (TPSA) is 20.2 Å². The summed E-state index contributed by atoms with van der Waals surface area (Å²) in [7, 11) is 0. The van der Waals surface area contributed by atoms with Gasteiger partial charge < -0.3 is 5.11 Å². The summed E-state index contributed by atoms with van der Waals surface area (Å²) in [5.41, 5.74) is -7.63. The van der Waals surface area contributed by atoms with Gasteiger partial charge in [-0.2, -0.15) is 26.3 Å². The van der Waals surface area contributed by atoms with Crippen molar-refractivity contribution in [1.82, 2.24) is 0 Å². The van der Waals surface area contributed by atoms with Gasteiger partial charge in [-0.3, -0.25) is 0 Å². The molecule has 1 nitrogen and oxygen atoms in total. The molecule has 2 aliphatic rings. The summed E-state index contributed by atoms with van der Waals surface area (Å²) in [4.78, 5) is 0. The summed E-state index contributed by atoms with van der Waals surface area (Å²) >= 11 is 0. The maximum atomic E-state index is 14.8. The number of alkyl halides is 7. The zero-order valence-electron chi connectivity index (χ0n) is 11.5. The van der Waals surface area contributed by atoms with Crippen LogP contribution in [0.3, 0.4) is 0 Å². The van der Waals surface area contributed by atoms with E-state index in [0.717, 1.165) is 0 Å². The first-order valence-electron chi connectivity index (χ1n) is 6.78. The molecule has 2 aliphatic carbocycles. The molecule has 1 N–H and O–H groups in total. The second kappa shape index (κ2) is 4.49. The Bertz CT molecular complexity index is 400. The fourth-order valence-electron chi connectivity index (χ4n) is 4.08. The van der Waals surface area contributed by atoms with Crippen molar-refractivity contribution in [2.24, 2.45) is 23.7 Å². The SMILES string of the molecule is CC1C2CC(C1C)C(F)(CC(O)(C(F)(F)F)C(F)(F)F)C2. The van der Waals surface area contributed by atoms with E-state index in [-0.39, 0.29) is 30.6 Å². The Hall–Kier alpha value is -0.530. The molecule has 2 rings (SSSR count). The maximum Gasteiger partial charge on any atom is 0.426 e. The van der Waals surface area contributed by atoms with Crippen molar-refractivity contribution in [3.63, 3.8) is 0 Å². The van der Waals surface area contributed by atoms with Gasteiger partial charge in [-0.15, -0.1) is 0 Å². The van der Waals surface area contributed by atoms with Crippen molar-refractivity contribution in [2.45, 2.75) is 56.7 Å². The fourth-order valence-corrected chi connectivity index (χ4v) is 4.08. The number of fused-ring (bicyclic) bond motifs is 2. The summed E-state index contributed by atoms with van der Waals surface area (Å²) in [5.74, 6) is -1.31. The average molecular weight is 322 g/mol. The molecule has 0 radical (unpaired) electrons. The summed E-state index contributed by atoms with van der Waals surface area (Å²) in [5, 5.41) is 9.20. The Labute approximate surface area is 117 Å². The predicted molar refractivity (Wildman–Crippen MR) is 60.1 cm³/mol. The molecule has 21 heavy (non-hydrogen) atoms. The van der Waals surface area contributed by atoms with Crippen molar-refractivity contribution >= 4 is 0 Å². The van der Waals surface area contributed by atoms with E-state index in [0.29, 0.717) is 0 Å². The molecule has 0 aromatic carbocycles. The standard InChI is InChI=1S/C13H17F7O/c1-6-7(2)9-3-8(6)4-10(9,14)5-11(21,12(15,16)17)13(18,19)20/h6-9,21H,3-5H2,1-2H3. The lowest BCUT2D eigenvalue weighted by molar-refractivity contribution is -0.377. The monoisotopic (exact) mass is 322 g/mol. The van der Waals surface area contributed by atoms with Crippen LogP contribution in [-0.4, -0.2) is 28.7 Å². The van der Waals surface area contributed by atoms with Gasteiger partial charge in [-0.05, 0) is 36.5 Å². The quantitative estimate of drug-likeness (QED) is 0.754. The molecule has 0 aliphatic heterocycles. The van der Waals surface area contributed by atoms with Crippen LogP contribution in [0.15, 0.2) is 0 Å². The number of aliphatic hydroxyl groups is 1. The van der Waals surface area contributed by atoms with Gasteiger partial charge in [0.05, 0.1) is 0 Å². The number of rotatable bonds is 2. The van der Waals surface area contributed by atoms with Crippen molar-refractivity contribution in [3.8, 4) is 0 Å². The molecule has 0 aromatic heterocycles. The van der Waals surface area contributed by atoms with E-state index in [9.17, 15) is 35.8 Å². The Kier molecular flexibility index (Phi) is 3.60. The lowest BCUT2D eigenvalue weighted by Crippen LogP contribution is -2.61. The van der Waals surface area contributed by atoms with E-state index < -0.39 is 36.0 Å². The second-order valence-corrected chi connectivity index (χ2v) is 6.59. The third-order valence-corrected chi connectivity index (χ3v) is 5.52. The van der Waals surface area contributed by atoms with Gasteiger partial charge in [0.2, 0.25) is 0 Å². The lowest BCUT2D eigenvalue weighted by Gasteiger charge is -2.42. The minimum Gasteiger partial charge on any atom is -0.374 e. The molecule has 2 fully saturated rings. The highest BCUT2D eigenvalue weighted by Gasteiger charge is 2.74. The molecule has 5 unspecified atom stereocenters. The van der Waals surface area contributed by atoms with Crippen molar-refractivity contribution in [2.75, 3.05) is 0 Å². The molecule has 0 heterocycles. The summed E-state index contributed by atoms with van der Waals surface area (Å²) in [6.07, 6.45) is -13.9. The van der Waals surface area contributed by atoms with E-state index in [2.05, 4.69) is 0 Å². The van der Waals surface area contributed by atoms with Gasteiger partial charge in [-0.1, -0.05) is 13.8 Å². The highest BCUT2D eigenvalue weighted by molar-refractivity contribution is 5.11. The van der Waals surface area contributed by atoms with Crippen LogP contribution in [-0.2, 0) is 0 Å². The van der Waals surface area contributed by atoms with Crippen LogP contribution in [0, 0.1) is 23.7 Å². The Balaban J connectivity index is 2.31. The zero-order valence-corrected chi connectivity index (χ0v) is 11.5. The molecule has 2 bridgehead atoms. The first kappa shape index (κ1) is 16.8. The molecular formula is C13H17F7O. The van der Waals surface area contributed by atoms with Crippen LogP contribution < -0.4 is 0 Å². The molecule has 5 atom stereocenters. The van der Waals surface area contributed by atoms with E-state index in [1.807, 2.05) is 6.92 Å². The maximum absolute atomic E-state index is 14.8. The normalized spacial score (nSPS) is 40.9. The van der Waals surface area contributed by atoms with Gasteiger partial charge in [0.25, 0.3) is 5.60 Å².